The molecule has 0 aliphatic carbocycles. The summed E-state index contributed by atoms with van der Waals surface area (Å²) in [6.07, 6.45) is 0.803. The number of hydrogen-bond acceptors (Lipinski definition) is 4. The van der Waals surface area contributed by atoms with E-state index in [-0.39, 0.29) is 5.41 Å². The molecular weight excluding hydrogens is 276 g/mol. The molecule has 6 heteroatoms. The van der Waals surface area contributed by atoms with Crippen molar-refractivity contribution in [1.82, 2.24) is 4.31 Å². The highest BCUT2D eigenvalue weighted by atomic mass is 32.2. The van der Waals surface area contributed by atoms with Gasteiger partial charge in [-0.25, -0.2) is 8.42 Å². The summed E-state index contributed by atoms with van der Waals surface area (Å²) < 4.78 is 32.0. The van der Waals surface area contributed by atoms with Crippen LogP contribution in [0.1, 0.15) is 18.9 Å². The Bertz CT molecular complexity index is 600. The first-order valence-corrected chi connectivity index (χ1v) is 8.11. The van der Waals surface area contributed by atoms with Gasteiger partial charge in [-0.1, -0.05) is 6.92 Å². The van der Waals surface area contributed by atoms with Crippen molar-refractivity contribution in [2.45, 2.75) is 25.2 Å². The number of rotatable bonds is 4. The zero-order valence-electron chi connectivity index (χ0n) is 12.2. The van der Waals surface area contributed by atoms with Gasteiger partial charge in [-0.05, 0) is 49.1 Å². The summed E-state index contributed by atoms with van der Waals surface area (Å²) in [4.78, 5) is 0.317. The van der Waals surface area contributed by atoms with Crippen molar-refractivity contribution >= 4 is 10.0 Å². The van der Waals surface area contributed by atoms with Crippen LogP contribution < -0.4 is 10.5 Å². The van der Waals surface area contributed by atoms with Crippen LogP contribution in [-0.4, -0.2) is 39.5 Å². The fourth-order valence-electron chi connectivity index (χ4n) is 2.51. The Kier molecular flexibility index (Phi) is 4.09. The van der Waals surface area contributed by atoms with Crippen LogP contribution in [0.5, 0.6) is 5.75 Å². The van der Waals surface area contributed by atoms with Crippen LogP contribution in [0.25, 0.3) is 0 Å². The number of hydrogen-bond donors (Lipinski definition) is 1. The maximum absolute atomic E-state index is 12.6. The minimum absolute atomic E-state index is 0.116. The lowest BCUT2D eigenvalue weighted by molar-refractivity contribution is 0.349. The number of methoxy groups -OCH3 is 1. The molecule has 1 aromatic rings. The highest BCUT2D eigenvalue weighted by Crippen LogP contribution is 2.33. The van der Waals surface area contributed by atoms with Crippen LogP contribution in [0.2, 0.25) is 0 Å². The van der Waals surface area contributed by atoms with E-state index in [0.29, 0.717) is 30.3 Å². The normalized spacial score (nSPS) is 24.0. The quantitative estimate of drug-likeness (QED) is 0.911. The molecule has 1 aromatic carbocycles. The summed E-state index contributed by atoms with van der Waals surface area (Å²) in [5.41, 5.74) is 6.43. The molecule has 0 amide bonds. The Labute approximate surface area is 120 Å². The number of sulfonamides is 1. The second-order valence-corrected chi connectivity index (χ2v) is 7.67. The first-order valence-electron chi connectivity index (χ1n) is 6.67. The molecular formula is C14H22N2O3S. The van der Waals surface area contributed by atoms with Crippen LogP contribution in [0.15, 0.2) is 23.1 Å². The van der Waals surface area contributed by atoms with E-state index in [2.05, 4.69) is 0 Å². The van der Waals surface area contributed by atoms with Crippen molar-refractivity contribution < 1.29 is 13.2 Å². The molecule has 1 aliphatic rings. The average Bonchev–Trinajstić information content (AvgIpc) is 2.83. The van der Waals surface area contributed by atoms with E-state index in [9.17, 15) is 8.42 Å². The molecule has 0 bridgehead atoms. The van der Waals surface area contributed by atoms with Gasteiger partial charge in [-0.15, -0.1) is 0 Å². The fraction of sp³-hybridized carbons (Fsp3) is 0.571. The van der Waals surface area contributed by atoms with E-state index in [4.69, 9.17) is 10.5 Å². The minimum Gasteiger partial charge on any atom is -0.496 e. The zero-order valence-corrected chi connectivity index (χ0v) is 13.0. The SMILES string of the molecule is COc1ccc(S(=O)(=O)N2CCC(C)(CN)C2)cc1C. The summed E-state index contributed by atoms with van der Waals surface area (Å²) in [5.74, 6) is 0.692. The van der Waals surface area contributed by atoms with Gasteiger partial charge in [-0.2, -0.15) is 4.31 Å². The first-order chi connectivity index (χ1) is 9.32. The summed E-state index contributed by atoms with van der Waals surface area (Å²) in [5, 5.41) is 0. The highest BCUT2D eigenvalue weighted by Gasteiger charge is 2.39. The Hall–Kier alpha value is -1.11. The standard InChI is InChI=1S/C14H22N2O3S/c1-11-8-12(4-5-13(11)19-3)20(17,18)16-7-6-14(2,9-15)10-16/h4-5,8H,6-7,9-10,15H2,1-3H3. The molecule has 1 heterocycles. The second kappa shape index (κ2) is 5.35. The molecule has 0 spiro atoms. The molecule has 2 rings (SSSR count). The maximum atomic E-state index is 12.6. The lowest BCUT2D eigenvalue weighted by Gasteiger charge is -2.22. The van der Waals surface area contributed by atoms with Gasteiger partial charge < -0.3 is 10.5 Å². The topological polar surface area (TPSA) is 72.6 Å². The van der Waals surface area contributed by atoms with Crippen molar-refractivity contribution in [3.05, 3.63) is 23.8 Å². The summed E-state index contributed by atoms with van der Waals surface area (Å²) >= 11 is 0. The van der Waals surface area contributed by atoms with E-state index in [1.54, 1.807) is 25.3 Å². The van der Waals surface area contributed by atoms with E-state index < -0.39 is 10.0 Å². The molecule has 2 N–H and O–H groups in total. The minimum atomic E-state index is -3.45. The summed E-state index contributed by atoms with van der Waals surface area (Å²) in [6.45, 7) is 5.38. The number of ether oxygens (including phenoxy) is 1. The molecule has 1 aliphatic heterocycles. The van der Waals surface area contributed by atoms with Crippen molar-refractivity contribution in [2.24, 2.45) is 11.1 Å². The van der Waals surface area contributed by atoms with Crippen LogP contribution in [0, 0.1) is 12.3 Å². The number of nitrogens with zero attached hydrogens (tertiary/aromatic N) is 1. The van der Waals surface area contributed by atoms with Gasteiger partial charge in [0, 0.05) is 13.1 Å². The highest BCUT2D eigenvalue weighted by molar-refractivity contribution is 7.89. The van der Waals surface area contributed by atoms with Crippen molar-refractivity contribution in [3.63, 3.8) is 0 Å². The molecule has 112 valence electrons. The maximum Gasteiger partial charge on any atom is 0.243 e. The fourth-order valence-corrected chi connectivity index (χ4v) is 4.19. The molecule has 20 heavy (non-hydrogen) atoms. The van der Waals surface area contributed by atoms with E-state index >= 15 is 0 Å². The predicted molar refractivity (Wildman–Crippen MR) is 78.3 cm³/mol. The first kappa shape index (κ1) is 15.3. The Morgan fingerprint density at radius 2 is 2.15 bits per heavy atom. The molecule has 5 nitrogen and oxygen atoms in total. The monoisotopic (exact) mass is 298 g/mol. The zero-order chi connectivity index (χ0) is 15.0. The van der Waals surface area contributed by atoms with Crippen LogP contribution in [0.3, 0.4) is 0 Å². The van der Waals surface area contributed by atoms with Crippen molar-refractivity contribution in [2.75, 3.05) is 26.7 Å². The largest absolute Gasteiger partial charge is 0.496 e. The third-order valence-corrected chi connectivity index (χ3v) is 5.86. The van der Waals surface area contributed by atoms with Gasteiger partial charge >= 0.3 is 0 Å². The van der Waals surface area contributed by atoms with Gasteiger partial charge in [0.2, 0.25) is 10.0 Å². The number of benzene rings is 1. The summed E-state index contributed by atoms with van der Waals surface area (Å²) in [7, 11) is -1.87. The number of aryl methyl sites for hydroxylation is 1. The third kappa shape index (κ3) is 2.68. The lowest BCUT2D eigenvalue weighted by atomic mass is 9.90. The smallest absolute Gasteiger partial charge is 0.243 e. The molecule has 1 atom stereocenters. The van der Waals surface area contributed by atoms with Gasteiger partial charge in [0.25, 0.3) is 0 Å². The molecule has 0 aromatic heterocycles. The van der Waals surface area contributed by atoms with Crippen molar-refractivity contribution in [3.8, 4) is 5.75 Å². The van der Waals surface area contributed by atoms with Crippen LogP contribution in [0.4, 0.5) is 0 Å². The average molecular weight is 298 g/mol. The van der Waals surface area contributed by atoms with Gasteiger partial charge in [0.05, 0.1) is 12.0 Å². The van der Waals surface area contributed by atoms with Crippen LogP contribution in [-0.2, 0) is 10.0 Å². The van der Waals surface area contributed by atoms with Gasteiger partial charge in [0.1, 0.15) is 5.75 Å². The molecule has 1 fully saturated rings. The third-order valence-electron chi connectivity index (χ3n) is 4.02. The van der Waals surface area contributed by atoms with Gasteiger partial charge in [-0.3, -0.25) is 0 Å². The Morgan fingerprint density at radius 1 is 1.45 bits per heavy atom. The molecule has 0 radical (unpaired) electrons. The predicted octanol–water partition coefficient (Wildman–Crippen LogP) is 1.36. The van der Waals surface area contributed by atoms with Crippen LogP contribution >= 0.6 is 0 Å². The van der Waals surface area contributed by atoms with E-state index in [1.807, 2.05) is 13.8 Å². The number of nitrogens with two attached hydrogens (primary N) is 1. The Balaban J connectivity index is 2.30. The van der Waals surface area contributed by atoms with E-state index in [1.165, 1.54) is 4.31 Å². The summed E-state index contributed by atoms with van der Waals surface area (Å²) in [6, 6.07) is 4.95. The molecule has 0 saturated carbocycles. The van der Waals surface area contributed by atoms with Crippen molar-refractivity contribution in [1.29, 1.82) is 0 Å². The molecule has 1 unspecified atom stereocenters. The Morgan fingerprint density at radius 3 is 2.65 bits per heavy atom. The second-order valence-electron chi connectivity index (χ2n) is 5.73. The van der Waals surface area contributed by atoms with Gasteiger partial charge in [0.15, 0.2) is 0 Å². The lowest BCUT2D eigenvalue weighted by Crippen LogP contribution is -2.34. The molecule has 1 saturated heterocycles. The van der Waals surface area contributed by atoms with E-state index in [0.717, 1.165) is 12.0 Å².